The van der Waals surface area contributed by atoms with Crippen molar-refractivity contribution in [3.05, 3.63) is 87.8 Å². The van der Waals surface area contributed by atoms with Gasteiger partial charge < -0.3 is 75.7 Å². The van der Waals surface area contributed by atoms with E-state index in [0.717, 1.165) is 117 Å². The second kappa shape index (κ2) is 38.0. The average molecular weight is 1360 g/mol. The van der Waals surface area contributed by atoms with Gasteiger partial charge in [0.2, 0.25) is 29.7 Å². The van der Waals surface area contributed by atoms with Gasteiger partial charge in [-0.2, -0.15) is 30.2 Å². The van der Waals surface area contributed by atoms with Crippen LogP contribution < -0.4 is 55.3 Å². The van der Waals surface area contributed by atoms with E-state index in [-0.39, 0.29) is 91.0 Å². The summed E-state index contributed by atoms with van der Waals surface area (Å²) < 4.78 is 13.4. The van der Waals surface area contributed by atoms with Crippen LogP contribution in [-0.4, -0.2) is 152 Å². The molecule has 0 unspecified atom stereocenters. The molecule has 0 aliphatic rings. The van der Waals surface area contributed by atoms with Crippen LogP contribution in [0.25, 0.3) is 55.2 Å². The number of aromatic nitrogens is 15. The molecule has 0 saturated carbocycles. The summed E-state index contributed by atoms with van der Waals surface area (Å²) >= 11 is 11.6. The summed E-state index contributed by atoms with van der Waals surface area (Å²) in [5, 5.41) is 62.3. The number of unbranched alkanes of at least 4 members (excludes halogenated alkanes) is 2. The molecule has 0 fully saturated rings. The van der Waals surface area contributed by atoms with Crippen molar-refractivity contribution in [2.45, 2.75) is 143 Å². The Hall–Kier alpha value is -9.71. The summed E-state index contributed by atoms with van der Waals surface area (Å²) in [5.41, 5.74) is 36.7. The van der Waals surface area contributed by atoms with Crippen LogP contribution in [0.3, 0.4) is 0 Å². The largest absolute Gasteiger partial charge is 0.394 e. The summed E-state index contributed by atoms with van der Waals surface area (Å²) in [6.07, 6.45) is 16.9. The van der Waals surface area contributed by atoms with Gasteiger partial charge in [0.15, 0.2) is 40.1 Å². The van der Waals surface area contributed by atoms with Crippen molar-refractivity contribution in [1.82, 2.24) is 74.8 Å². The minimum atomic E-state index is -0.671. The van der Waals surface area contributed by atoms with Crippen molar-refractivity contribution in [2.75, 3.05) is 88.2 Å². The first-order chi connectivity index (χ1) is 46.2. The molecule has 10 rings (SSSR count). The van der Waals surface area contributed by atoms with Gasteiger partial charge in [0.05, 0.1) is 88.8 Å². The number of nitrogen functional groups attached to an aromatic ring is 5. The van der Waals surface area contributed by atoms with Crippen LogP contribution in [0, 0.1) is 31.0 Å². The van der Waals surface area contributed by atoms with E-state index >= 15 is 0 Å². The third kappa shape index (κ3) is 21.7. The number of rotatable bonds is 25. The SMILES string of the molecule is CCCCNc1nc(N)nc2c(C)ccnc12.CCCC[C@H](CO)Nc1nc(N)nc2cc(Cl)cnc12.CCC[C@@H](CO)Nc1nc(N)nc2c(C)ccnc12.CCC[C@@H](CO)Nc1nc(N)nc2cc(C#N)cnc12.CCC[C@@H](CO)Nc1nc(N)nc2cc(F)c(Cl)nc12. The Morgan fingerprint density at radius 2 is 0.854 bits per heavy atom. The fourth-order valence-electron chi connectivity index (χ4n) is 9.50. The van der Waals surface area contributed by atoms with Crippen molar-refractivity contribution in [1.29, 1.82) is 5.26 Å². The van der Waals surface area contributed by atoms with E-state index in [4.69, 9.17) is 57.1 Å². The van der Waals surface area contributed by atoms with Crippen LogP contribution in [0.15, 0.2) is 55.1 Å². The molecule has 0 aromatic carbocycles. The number of aliphatic hydroxyl groups excluding tert-OH is 4. The lowest BCUT2D eigenvalue weighted by molar-refractivity contribution is 0.267. The highest BCUT2D eigenvalue weighted by atomic mass is 35.5. The zero-order chi connectivity index (χ0) is 69.8. The number of aryl methyl sites for hydroxylation is 2. The van der Waals surface area contributed by atoms with E-state index < -0.39 is 5.82 Å². The number of fused-ring (bicyclic) bond motifs is 5. The molecule has 0 amide bonds. The number of aliphatic hydroxyl groups is 4. The van der Waals surface area contributed by atoms with E-state index in [9.17, 15) is 24.8 Å². The molecule has 19 N–H and O–H groups in total. The number of nitrogens with one attached hydrogen (secondary N) is 5. The van der Waals surface area contributed by atoms with Gasteiger partial charge in [0.1, 0.15) is 33.7 Å². The van der Waals surface area contributed by atoms with E-state index in [2.05, 4.69) is 122 Å². The predicted octanol–water partition coefficient (Wildman–Crippen LogP) is 8.86. The van der Waals surface area contributed by atoms with Crippen molar-refractivity contribution in [3.8, 4) is 6.07 Å². The average Bonchev–Trinajstić information content (AvgIpc) is 0.839. The predicted molar refractivity (Wildman–Crippen MR) is 379 cm³/mol. The molecule has 10 heterocycles. The Balaban J connectivity index is 0.000000190. The lowest BCUT2D eigenvalue weighted by atomic mass is 10.1. The lowest BCUT2D eigenvalue weighted by Gasteiger charge is -2.17. The van der Waals surface area contributed by atoms with Crippen LogP contribution >= 0.6 is 23.2 Å². The van der Waals surface area contributed by atoms with Crippen molar-refractivity contribution >= 4 is 137 Å². The molecule has 512 valence electrons. The van der Waals surface area contributed by atoms with Gasteiger partial charge in [-0.05, 0) is 81.3 Å². The highest BCUT2D eigenvalue weighted by Crippen LogP contribution is 2.28. The van der Waals surface area contributed by atoms with Crippen LogP contribution in [0.2, 0.25) is 10.2 Å². The van der Waals surface area contributed by atoms with Gasteiger partial charge in [-0.3, -0.25) is 9.97 Å². The number of halogens is 3. The molecule has 30 nitrogen and oxygen atoms in total. The number of anilines is 10. The van der Waals surface area contributed by atoms with Crippen LogP contribution in [-0.2, 0) is 0 Å². The van der Waals surface area contributed by atoms with Crippen molar-refractivity contribution < 1.29 is 24.8 Å². The Morgan fingerprint density at radius 1 is 0.458 bits per heavy atom. The summed E-state index contributed by atoms with van der Waals surface area (Å²) in [5.74, 6) is 2.72. The molecule has 0 radical (unpaired) electrons. The number of nitriles is 1. The van der Waals surface area contributed by atoms with Gasteiger partial charge in [0.25, 0.3) is 0 Å². The molecule has 10 aromatic heterocycles. The molecule has 33 heteroatoms. The molecule has 4 atom stereocenters. The molecule has 0 bridgehead atoms. The molecule has 10 aromatic rings. The first-order valence-electron chi connectivity index (χ1n) is 31.5. The first-order valence-corrected chi connectivity index (χ1v) is 32.2. The van der Waals surface area contributed by atoms with Crippen molar-refractivity contribution in [2.24, 2.45) is 0 Å². The number of nitrogens with zero attached hydrogens (tertiary/aromatic N) is 16. The minimum Gasteiger partial charge on any atom is -0.394 e. The molecule has 0 spiro atoms. The quantitative estimate of drug-likeness (QED) is 0.0187. The molecule has 0 saturated heterocycles. The van der Waals surface area contributed by atoms with Gasteiger partial charge in [0, 0.05) is 37.4 Å². The van der Waals surface area contributed by atoms with Crippen molar-refractivity contribution in [3.63, 3.8) is 0 Å². The maximum atomic E-state index is 13.4. The zero-order valence-electron chi connectivity index (χ0n) is 54.8. The fourth-order valence-corrected chi connectivity index (χ4v) is 9.79. The molecular formula is C63H85Cl2FN26O4. The number of hydrogen-bond donors (Lipinski definition) is 14. The van der Waals surface area contributed by atoms with E-state index in [1.54, 1.807) is 24.5 Å². The van der Waals surface area contributed by atoms with E-state index in [0.29, 0.717) is 67.0 Å². The third-order valence-corrected chi connectivity index (χ3v) is 14.8. The Kier molecular flexibility index (Phi) is 29.8. The summed E-state index contributed by atoms with van der Waals surface area (Å²) in [6.45, 7) is 15.2. The fraction of sp³-hybridized carbons (Fsp3) is 0.429. The van der Waals surface area contributed by atoms with Crippen LogP contribution in [0.1, 0.15) is 122 Å². The summed E-state index contributed by atoms with van der Waals surface area (Å²) in [6, 6.07) is 9.83. The second-order valence-electron chi connectivity index (χ2n) is 22.0. The van der Waals surface area contributed by atoms with Crippen LogP contribution in [0.4, 0.5) is 63.2 Å². The Labute approximate surface area is 564 Å². The lowest BCUT2D eigenvalue weighted by Crippen LogP contribution is -2.24. The maximum Gasteiger partial charge on any atom is 0.222 e. The molecular weight excluding hydrogens is 1270 g/mol. The van der Waals surface area contributed by atoms with Crippen LogP contribution in [0.5, 0.6) is 0 Å². The Morgan fingerprint density at radius 3 is 1.30 bits per heavy atom. The highest BCUT2D eigenvalue weighted by Gasteiger charge is 2.19. The standard InChI is InChI=1S/C13H18ClN5O.C13H16N6O.C13H19N5O.C12H15ClFN5O.C12H17N5/c1-2-3-4-9(7-20)17-12-11-10(18-13(15)19-12)5-8(14)6-16-11;1-2-3-9(7-20)17-12-11-10(18-13(15)19-12)4-8(5-14)6-16-11;1-3-4-9(7-19)16-12-11-10(17-13(14)18-12)8(2)5-6-15-11;1-2-3-6(5-20)16-11-9-8(17-12(15)19-11)4-7(14)10(13)18-9;1-3-4-6-15-11-10-9(16-12(13)17-11)8(2)5-7-14-10/h5-6,9,20H,2-4,7H2,1H3,(H3,15,17,18,19);4,6,9,20H,2-3,7H2,1H3,(H3,15,17,18,19);5-6,9,19H,3-4,7H2,1-2H3,(H3,14,16,17,18);4,6,20H,2-3,5H2,1H3,(H3,15,16,17,19);5,7H,3-4,6H2,1-2H3,(H3,13,15,16,17)/t3*9-;6-;/m1000./s1. The number of hydrogen-bond acceptors (Lipinski definition) is 30. The molecule has 0 aliphatic carbocycles. The second-order valence-corrected chi connectivity index (χ2v) is 22.8. The first kappa shape index (κ1) is 75.3. The van der Waals surface area contributed by atoms with Gasteiger partial charge in [-0.1, -0.05) is 96.3 Å². The highest BCUT2D eigenvalue weighted by molar-refractivity contribution is 6.31. The number of nitrogens with two attached hydrogens (primary N) is 5. The monoisotopic (exact) mass is 1360 g/mol. The van der Waals surface area contributed by atoms with Gasteiger partial charge >= 0.3 is 0 Å². The summed E-state index contributed by atoms with van der Waals surface area (Å²) in [4.78, 5) is 62.3. The van der Waals surface area contributed by atoms with E-state index in [1.165, 1.54) is 12.4 Å². The van der Waals surface area contributed by atoms with E-state index in [1.807, 2.05) is 45.9 Å². The Bertz CT molecular complexity index is 4190. The normalized spacial score (nSPS) is 12.1. The van der Waals surface area contributed by atoms with Gasteiger partial charge in [-0.25, -0.2) is 44.3 Å². The summed E-state index contributed by atoms with van der Waals surface area (Å²) in [7, 11) is 0. The zero-order valence-corrected chi connectivity index (χ0v) is 56.3. The smallest absolute Gasteiger partial charge is 0.222 e. The topological polar surface area (TPSA) is 488 Å². The maximum absolute atomic E-state index is 13.4. The molecule has 0 aliphatic heterocycles. The number of pyridine rings is 5. The minimum absolute atomic E-state index is 0.00305. The van der Waals surface area contributed by atoms with Gasteiger partial charge in [-0.15, -0.1) is 0 Å². The third-order valence-electron chi connectivity index (χ3n) is 14.3. The molecule has 96 heavy (non-hydrogen) atoms.